The summed E-state index contributed by atoms with van der Waals surface area (Å²) in [7, 11) is 1.76. The second-order valence-corrected chi connectivity index (χ2v) is 7.83. The lowest BCUT2D eigenvalue weighted by Gasteiger charge is -2.36. The predicted molar refractivity (Wildman–Crippen MR) is 111 cm³/mol. The fourth-order valence-corrected chi connectivity index (χ4v) is 3.96. The van der Waals surface area contributed by atoms with Crippen molar-refractivity contribution >= 4 is 5.91 Å². The summed E-state index contributed by atoms with van der Waals surface area (Å²) in [6.07, 6.45) is -2.73. The van der Waals surface area contributed by atoms with Crippen LogP contribution in [-0.2, 0) is 30.8 Å². The summed E-state index contributed by atoms with van der Waals surface area (Å²) in [6, 6.07) is 15.1. The lowest BCUT2D eigenvalue weighted by molar-refractivity contribution is -0.274. The van der Waals surface area contributed by atoms with Gasteiger partial charge in [0.05, 0.1) is 23.8 Å². The lowest BCUT2D eigenvalue weighted by Crippen LogP contribution is -2.50. The number of halogens is 3. The van der Waals surface area contributed by atoms with Crippen molar-refractivity contribution in [3.05, 3.63) is 83.4 Å². The van der Waals surface area contributed by atoms with Crippen molar-refractivity contribution in [1.82, 2.24) is 19.8 Å². The maximum Gasteiger partial charge on any atom is 0.573 e. The zero-order valence-corrected chi connectivity index (χ0v) is 17.5. The Morgan fingerprint density at radius 2 is 1.94 bits per heavy atom. The fraction of sp³-hybridized carbons (Fsp3) is 0.304. The Hall–Kier alpha value is -3.33. The molecule has 9 heteroatoms. The van der Waals surface area contributed by atoms with Gasteiger partial charge >= 0.3 is 6.36 Å². The van der Waals surface area contributed by atoms with Gasteiger partial charge in [0.2, 0.25) is 5.91 Å². The average Bonchev–Trinajstić information content (AvgIpc) is 3.20. The molecule has 0 bridgehead atoms. The van der Waals surface area contributed by atoms with Crippen molar-refractivity contribution in [3.63, 3.8) is 0 Å². The summed E-state index contributed by atoms with van der Waals surface area (Å²) >= 11 is 0. The van der Waals surface area contributed by atoms with Gasteiger partial charge in [-0.15, -0.1) is 13.2 Å². The maximum atomic E-state index is 13.4. The minimum Gasteiger partial charge on any atom is -0.406 e. The average molecular weight is 444 g/mol. The van der Waals surface area contributed by atoms with Crippen molar-refractivity contribution in [2.45, 2.75) is 38.5 Å². The van der Waals surface area contributed by atoms with Crippen LogP contribution in [0.1, 0.15) is 22.5 Å². The number of nitrogens with one attached hydrogen (secondary N) is 1. The van der Waals surface area contributed by atoms with Crippen LogP contribution in [0.15, 0.2) is 60.9 Å². The molecule has 2 aromatic carbocycles. The van der Waals surface area contributed by atoms with E-state index in [4.69, 9.17) is 0 Å². The summed E-state index contributed by atoms with van der Waals surface area (Å²) in [5.74, 6) is -0.344. The number of carbonyl (C=O) groups is 1. The highest BCUT2D eigenvalue weighted by molar-refractivity contribution is 5.82. The Labute approximate surface area is 183 Å². The first-order chi connectivity index (χ1) is 15.3. The largest absolute Gasteiger partial charge is 0.573 e. The normalized spacial score (nSPS) is 16.4. The number of ether oxygens (including phenoxy) is 1. The van der Waals surface area contributed by atoms with Crippen molar-refractivity contribution in [3.8, 4) is 5.75 Å². The Morgan fingerprint density at radius 1 is 1.19 bits per heavy atom. The molecule has 1 atom stereocenters. The molecule has 0 fully saturated rings. The molecule has 32 heavy (non-hydrogen) atoms. The lowest BCUT2D eigenvalue weighted by atomic mass is 10.00. The minimum atomic E-state index is -4.76. The summed E-state index contributed by atoms with van der Waals surface area (Å²) in [4.78, 5) is 24.4. The van der Waals surface area contributed by atoms with Gasteiger partial charge in [-0.05, 0) is 23.3 Å². The molecular formula is C23H23F3N4O2. The first kappa shape index (κ1) is 21.9. The van der Waals surface area contributed by atoms with Crippen molar-refractivity contribution in [2.75, 3.05) is 7.05 Å². The standard InChI is InChI=1S/C23H23F3N4O2/c1-29(12-16-6-3-2-4-7-16)22(31)21-11-19-20(28-15-27-19)14-30(21)13-17-8-5-9-18(10-17)32-23(24,25)26/h2-10,15,21H,11-14H2,1H3,(H,27,28)/t21-/m0/s1. The van der Waals surface area contributed by atoms with Crippen molar-refractivity contribution in [1.29, 1.82) is 0 Å². The van der Waals surface area contributed by atoms with E-state index >= 15 is 0 Å². The molecule has 4 rings (SSSR count). The Bertz CT molecular complexity index is 1070. The van der Waals surface area contributed by atoms with E-state index in [0.29, 0.717) is 31.6 Å². The number of hydrogen-bond acceptors (Lipinski definition) is 4. The van der Waals surface area contributed by atoms with E-state index in [1.165, 1.54) is 18.2 Å². The number of benzene rings is 2. The first-order valence-electron chi connectivity index (χ1n) is 10.2. The molecule has 1 amide bonds. The van der Waals surface area contributed by atoms with Crippen LogP contribution in [0, 0.1) is 0 Å². The molecular weight excluding hydrogens is 421 g/mol. The zero-order valence-electron chi connectivity index (χ0n) is 17.5. The third kappa shape index (κ3) is 5.28. The smallest absolute Gasteiger partial charge is 0.406 e. The zero-order chi connectivity index (χ0) is 22.7. The molecule has 0 spiro atoms. The number of aromatic nitrogens is 2. The molecule has 0 radical (unpaired) electrons. The summed E-state index contributed by atoms with van der Waals surface area (Å²) < 4.78 is 41.9. The van der Waals surface area contributed by atoms with Gasteiger partial charge in [-0.3, -0.25) is 9.69 Å². The second-order valence-electron chi connectivity index (χ2n) is 7.83. The van der Waals surface area contributed by atoms with Crippen LogP contribution in [0.2, 0.25) is 0 Å². The number of nitrogens with zero attached hydrogens (tertiary/aromatic N) is 3. The van der Waals surface area contributed by atoms with E-state index in [9.17, 15) is 18.0 Å². The number of likely N-dealkylation sites (N-methyl/N-ethyl adjacent to an activating group) is 1. The summed E-state index contributed by atoms with van der Waals surface area (Å²) in [5.41, 5.74) is 3.38. The van der Waals surface area contributed by atoms with Crippen LogP contribution >= 0.6 is 0 Å². The minimum absolute atomic E-state index is 0.0646. The number of H-pyrrole nitrogens is 1. The highest BCUT2D eigenvalue weighted by atomic mass is 19.4. The highest BCUT2D eigenvalue weighted by Crippen LogP contribution is 2.27. The maximum absolute atomic E-state index is 13.4. The number of carbonyl (C=O) groups excluding carboxylic acids is 1. The van der Waals surface area contributed by atoms with Crippen LogP contribution in [-0.4, -0.2) is 45.1 Å². The van der Waals surface area contributed by atoms with E-state index in [0.717, 1.165) is 17.0 Å². The molecule has 3 aromatic rings. The molecule has 1 aliphatic heterocycles. The number of aromatic amines is 1. The Balaban J connectivity index is 1.54. The number of fused-ring (bicyclic) bond motifs is 1. The Kier molecular flexibility index (Phi) is 6.18. The third-order valence-corrected chi connectivity index (χ3v) is 5.44. The molecule has 2 heterocycles. The number of alkyl halides is 3. The Morgan fingerprint density at radius 3 is 2.69 bits per heavy atom. The van der Waals surface area contributed by atoms with Crippen LogP contribution in [0.3, 0.4) is 0 Å². The van der Waals surface area contributed by atoms with Gasteiger partial charge in [-0.25, -0.2) is 4.98 Å². The first-order valence-corrected chi connectivity index (χ1v) is 10.2. The quantitative estimate of drug-likeness (QED) is 0.627. The number of imidazole rings is 1. The van der Waals surface area contributed by atoms with Crippen LogP contribution in [0.4, 0.5) is 13.2 Å². The fourth-order valence-electron chi connectivity index (χ4n) is 3.96. The molecule has 1 N–H and O–H groups in total. The van der Waals surface area contributed by atoms with Gasteiger partial charge in [0.1, 0.15) is 5.75 Å². The summed E-state index contributed by atoms with van der Waals surface area (Å²) in [6.45, 7) is 1.20. The molecule has 0 saturated heterocycles. The number of hydrogen-bond donors (Lipinski definition) is 1. The van der Waals surface area contributed by atoms with Gasteiger partial charge in [0.15, 0.2) is 0 Å². The van der Waals surface area contributed by atoms with Crippen LogP contribution in [0.5, 0.6) is 5.75 Å². The SMILES string of the molecule is CN(Cc1ccccc1)C(=O)[C@@H]1Cc2nc[nH]c2CN1Cc1cccc(OC(F)(F)F)c1. The van der Waals surface area contributed by atoms with Crippen molar-refractivity contribution < 1.29 is 22.7 Å². The number of amides is 1. The molecule has 6 nitrogen and oxygen atoms in total. The topological polar surface area (TPSA) is 61.5 Å². The van der Waals surface area contributed by atoms with Gasteiger partial charge in [-0.1, -0.05) is 42.5 Å². The third-order valence-electron chi connectivity index (χ3n) is 5.44. The van der Waals surface area contributed by atoms with E-state index < -0.39 is 12.4 Å². The van der Waals surface area contributed by atoms with Gasteiger partial charge in [0.25, 0.3) is 0 Å². The molecule has 0 saturated carbocycles. The van der Waals surface area contributed by atoms with Crippen LogP contribution < -0.4 is 4.74 Å². The van der Waals surface area contributed by atoms with Crippen molar-refractivity contribution in [2.24, 2.45) is 0 Å². The summed E-state index contributed by atoms with van der Waals surface area (Å²) in [5, 5.41) is 0. The van der Waals surface area contributed by atoms with Gasteiger partial charge < -0.3 is 14.6 Å². The van der Waals surface area contributed by atoms with E-state index in [-0.39, 0.29) is 11.7 Å². The highest BCUT2D eigenvalue weighted by Gasteiger charge is 2.35. The molecule has 0 unspecified atom stereocenters. The van der Waals surface area contributed by atoms with Crippen LogP contribution in [0.25, 0.3) is 0 Å². The van der Waals surface area contributed by atoms with E-state index in [1.807, 2.05) is 35.2 Å². The van der Waals surface area contributed by atoms with Gasteiger partial charge in [0, 0.05) is 33.1 Å². The van der Waals surface area contributed by atoms with E-state index in [2.05, 4.69) is 14.7 Å². The molecule has 1 aromatic heterocycles. The van der Waals surface area contributed by atoms with E-state index in [1.54, 1.807) is 24.3 Å². The number of rotatable bonds is 6. The molecule has 1 aliphatic rings. The predicted octanol–water partition coefficient (Wildman–Crippen LogP) is 3.89. The molecule has 0 aliphatic carbocycles. The van der Waals surface area contributed by atoms with Gasteiger partial charge in [-0.2, -0.15) is 0 Å². The second kappa shape index (κ2) is 9.04. The monoisotopic (exact) mass is 444 g/mol. The molecule has 168 valence electrons.